The number of rotatable bonds is 4. The molecule has 0 saturated carbocycles. The van der Waals surface area contributed by atoms with E-state index in [0.29, 0.717) is 22.8 Å². The van der Waals surface area contributed by atoms with Crippen LogP contribution in [-0.4, -0.2) is 34.2 Å². The minimum atomic E-state index is -0.927. The number of primary amides is 1. The summed E-state index contributed by atoms with van der Waals surface area (Å²) in [4.78, 5) is 28.1. The van der Waals surface area contributed by atoms with Gasteiger partial charge in [-0.25, -0.2) is 4.68 Å². The Bertz CT molecular complexity index is 1250. The van der Waals surface area contributed by atoms with Crippen molar-refractivity contribution in [3.05, 3.63) is 83.9 Å². The molecule has 1 aliphatic heterocycles. The fourth-order valence-electron chi connectivity index (χ4n) is 3.56. The van der Waals surface area contributed by atoms with Gasteiger partial charge in [-0.3, -0.25) is 14.5 Å². The molecule has 2 amide bonds. The molecule has 2 aromatic heterocycles. The highest BCUT2D eigenvalue weighted by Crippen LogP contribution is 2.35. The Kier molecular flexibility index (Phi) is 4.76. The maximum atomic E-state index is 13.8. The van der Waals surface area contributed by atoms with E-state index in [2.05, 4.69) is 0 Å². The van der Waals surface area contributed by atoms with Crippen LogP contribution in [0.3, 0.4) is 0 Å². The molecule has 7 nitrogen and oxygen atoms in total. The number of hydrogen-bond acceptors (Lipinski definition) is 5. The summed E-state index contributed by atoms with van der Waals surface area (Å²) in [7, 11) is 0. The lowest BCUT2D eigenvalue weighted by atomic mass is 10.1. The molecule has 1 atom stereocenters. The van der Waals surface area contributed by atoms with Gasteiger partial charge >= 0.3 is 0 Å². The number of thiophene rings is 1. The van der Waals surface area contributed by atoms with Gasteiger partial charge in [0.25, 0.3) is 11.8 Å². The van der Waals surface area contributed by atoms with Crippen LogP contribution >= 0.6 is 11.3 Å². The molecule has 8 heteroatoms. The highest BCUT2D eigenvalue weighted by Gasteiger charge is 2.34. The lowest BCUT2D eigenvalue weighted by Crippen LogP contribution is -2.49. The second-order valence-corrected chi connectivity index (χ2v) is 7.98. The molecule has 2 N–H and O–H groups in total. The van der Waals surface area contributed by atoms with Crippen LogP contribution in [0.25, 0.3) is 16.3 Å². The van der Waals surface area contributed by atoms with Crippen LogP contribution in [0, 0.1) is 0 Å². The molecular formula is C23H18N4O3S. The Morgan fingerprint density at radius 1 is 1.03 bits per heavy atom. The minimum absolute atomic E-state index is 0.0273. The fourth-order valence-corrected chi connectivity index (χ4v) is 4.24. The summed E-state index contributed by atoms with van der Waals surface area (Å²) < 4.78 is 7.33. The summed E-state index contributed by atoms with van der Waals surface area (Å²) in [5.41, 5.74) is 7.94. The Hall–Kier alpha value is -3.91. The molecule has 0 unspecified atom stereocenters. The van der Waals surface area contributed by atoms with E-state index in [1.54, 1.807) is 40.3 Å². The number of benzene rings is 2. The number of hydrogen-bond donors (Lipinski definition) is 1. The lowest BCUT2D eigenvalue weighted by molar-refractivity contribution is -0.124. The van der Waals surface area contributed by atoms with Gasteiger partial charge in [0.1, 0.15) is 17.1 Å². The monoisotopic (exact) mass is 430 g/mol. The van der Waals surface area contributed by atoms with Gasteiger partial charge in [0.2, 0.25) is 0 Å². The van der Waals surface area contributed by atoms with Crippen LogP contribution in [0.15, 0.2) is 78.2 Å². The van der Waals surface area contributed by atoms with Crippen LogP contribution in [0.4, 0.5) is 5.69 Å². The summed E-state index contributed by atoms with van der Waals surface area (Å²) in [6.07, 6.45) is -0.927. The van der Waals surface area contributed by atoms with E-state index in [0.717, 1.165) is 10.6 Å². The predicted octanol–water partition coefficient (Wildman–Crippen LogP) is 3.49. The van der Waals surface area contributed by atoms with Crippen molar-refractivity contribution < 1.29 is 14.3 Å². The molecule has 0 fully saturated rings. The molecule has 31 heavy (non-hydrogen) atoms. The number of amides is 2. The van der Waals surface area contributed by atoms with E-state index in [-0.39, 0.29) is 12.5 Å². The average molecular weight is 430 g/mol. The third kappa shape index (κ3) is 3.47. The van der Waals surface area contributed by atoms with E-state index in [9.17, 15) is 9.59 Å². The van der Waals surface area contributed by atoms with Crippen molar-refractivity contribution in [1.29, 1.82) is 0 Å². The van der Waals surface area contributed by atoms with Crippen molar-refractivity contribution in [2.45, 2.75) is 6.10 Å². The predicted molar refractivity (Wildman–Crippen MR) is 119 cm³/mol. The standard InChI is InChI=1S/C23H18N4O3S/c24-22(28)20-14-26(17-9-4-5-10-19(17)30-20)23(29)18-13-16(21-11-6-12-31-21)25-27(18)15-7-2-1-3-8-15/h1-13,20H,14H2,(H2,24,28)/t20-/m1/s1. The van der Waals surface area contributed by atoms with Crippen molar-refractivity contribution in [3.63, 3.8) is 0 Å². The third-order valence-electron chi connectivity index (χ3n) is 5.04. The third-order valence-corrected chi connectivity index (χ3v) is 5.93. The van der Waals surface area contributed by atoms with Gasteiger partial charge in [0, 0.05) is 0 Å². The van der Waals surface area contributed by atoms with Gasteiger partial charge in [-0.15, -0.1) is 11.3 Å². The zero-order valence-corrected chi connectivity index (χ0v) is 17.2. The molecule has 0 radical (unpaired) electrons. The Morgan fingerprint density at radius 3 is 2.55 bits per heavy atom. The maximum absolute atomic E-state index is 13.8. The highest BCUT2D eigenvalue weighted by molar-refractivity contribution is 7.13. The number of carbonyl (C=O) groups is 2. The second-order valence-electron chi connectivity index (χ2n) is 7.03. The van der Waals surface area contributed by atoms with Crippen LogP contribution in [-0.2, 0) is 4.79 Å². The topological polar surface area (TPSA) is 90.5 Å². The van der Waals surface area contributed by atoms with E-state index in [1.165, 1.54) is 4.90 Å². The first kappa shape index (κ1) is 19.1. The molecule has 2 aromatic carbocycles. The average Bonchev–Trinajstić information content (AvgIpc) is 3.48. The molecule has 0 bridgehead atoms. The van der Waals surface area contributed by atoms with E-state index in [4.69, 9.17) is 15.6 Å². The summed E-state index contributed by atoms with van der Waals surface area (Å²) in [6, 6.07) is 22.3. The number of carbonyl (C=O) groups excluding carboxylic acids is 2. The van der Waals surface area contributed by atoms with Gasteiger partial charge in [-0.1, -0.05) is 36.4 Å². The zero-order chi connectivity index (χ0) is 21.4. The number of anilines is 1. The Balaban J connectivity index is 1.63. The molecule has 0 spiro atoms. The Morgan fingerprint density at radius 2 is 1.81 bits per heavy atom. The first-order valence-corrected chi connectivity index (χ1v) is 10.6. The summed E-state index contributed by atoms with van der Waals surface area (Å²) in [6.45, 7) is 0.0273. The van der Waals surface area contributed by atoms with Crippen LogP contribution in [0.1, 0.15) is 10.5 Å². The second kappa shape index (κ2) is 7.73. The molecule has 0 aliphatic carbocycles. The lowest BCUT2D eigenvalue weighted by Gasteiger charge is -2.33. The van der Waals surface area contributed by atoms with Gasteiger partial charge in [0.15, 0.2) is 6.10 Å². The largest absolute Gasteiger partial charge is 0.477 e. The number of nitrogens with zero attached hydrogens (tertiary/aromatic N) is 3. The normalized spacial score (nSPS) is 15.2. The van der Waals surface area contributed by atoms with Crippen molar-refractivity contribution in [2.75, 3.05) is 11.4 Å². The minimum Gasteiger partial charge on any atom is -0.477 e. The Labute approximate surface area is 182 Å². The molecule has 0 saturated heterocycles. The van der Waals surface area contributed by atoms with E-state index < -0.39 is 12.0 Å². The van der Waals surface area contributed by atoms with Crippen LogP contribution < -0.4 is 15.4 Å². The molecule has 4 aromatic rings. The van der Waals surface area contributed by atoms with Crippen molar-refractivity contribution >= 4 is 28.8 Å². The fraction of sp³-hybridized carbons (Fsp3) is 0.0870. The van der Waals surface area contributed by atoms with Crippen molar-refractivity contribution in [2.24, 2.45) is 5.73 Å². The van der Waals surface area contributed by atoms with E-state index >= 15 is 0 Å². The summed E-state index contributed by atoms with van der Waals surface area (Å²) in [5, 5.41) is 6.67. The van der Waals surface area contributed by atoms with Crippen LogP contribution in [0.5, 0.6) is 5.75 Å². The summed E-state index contributed by atoms with van der Waals surface area (Å²) >= 11 is 1.55. The highest BCUT2D eigenvalue weighted by atomic mass is 32.1. The maximum Gasteiger partial charge on any atom is 0.277 e. The van der Waals surface area contributed by atoms with Gasteiger partial charge in [0.05, 0.1) is 22.8 Å². The smallest absolute Gasteiger partial charge is 0.277 e. The number of para-hydroxylation sites is 3. The number of nitrogens with two attached hydrogens (primary N) is 1. The molecule has 3 heterocycles. The quantitative estimate of drug-likeness (QED) is 0.537. The van der Waals surface area contributed by atoms with Crippen molar-refractivity contribution in [1.82, 2.24) is 9.78 Å². The summed E-state index contributed by atoms with van der Waals surface area (Å²) in [5.74, 6) is -0.473. The van der Waals surface area contributed by atoms with Gasteiger partial charge < -0.3 is 10.5 Å². The first-order valence-electron chi connectivity index (χ1n) is 9.68. The molecule has 5 rings (SSSR count). The number of aromatic nitrogens is 2. The van der Waals surface area contributed by atoms with Crippen LogP contribution in [0.2, 0.25) is 0 Å². The SMILES string of the molecule is NC(=O)[C@H]1CN(C(=O)c2cc(-c3cccs3)nn2-c2ccccc2)c2ccccc2O1. The number of ether oxygens (including phenoxy) is 1. The molecule has 154 valence electrons. The molecular weight excluding hydrogens is 412 g/mol. The van der Waals surface area contributed by atoms with Gasteiger partial charge in [-0.2, -0.15) is 5.10 Å². The first-order chi connectivity index (χ1) is 15.1. The van der Waals surface area contributed by atoms with Crippen molar-refractivity contribution in [3.8, 4) is 22.0 Å². The molecule has 1 aliphatic rings. The van der Waals surface area contributed by atoms with E-state index in [1.807, 2.05) is 53.9 Å². The van der Waals surface area contributed by atoms with Gasteiger partial charge in [-0.05, 0) is 41.8 Å². The number of fused-ring (bicyclic) bond motifs is 1. The zero-order valence-electron chi connectivity index (χ0n) is 16.3.